The Morgan fingerprint density at radius 2 is 1.75 bits per heavy atom. The molecule has 0 atom stereocenters. The van der Waals surface area contributed by atoms with Crippen LogP contribution in [0.3, 0.4) is 0 Å². The summed E-state index contributed by atoms with van der Waals surface area (Å²) in [5.41, 5.74) is 4.57. The maximum atomic E-state index is 10.7. The van der Waals surface area contributed by atoms with Crippen molar-refractivity contribution in [2.45, 2.75) is 57.2 Å². The Kier molecular flexibility index (Phi) is 9.10. The van der Waals surface area contributed by atoms with Gasteiger partial charge in [-0.3, -0.25) is 4.68 Å². The number of benzene rings is 2. The number of hydrogen-bond donors (Lipinski definition) is 1. The van der Waals surface area contributed by atoms with E-state index in [1.54, 1.807) is 11.8 Å². The molecule has 0 spiro atoms. The minimum Gasteiger partial charge on any atom is -0.491 e. The van der Waals surface area contributed by atoms with Gasteiger partial charge < -0.3 is 14.6 Å². The Labute approximate surface area is 218 Å². The number of carbonyl (C=O) groups is 1. The fourth-order valence-electron chi connectivity index (χ4n) is 5.00. The van der Waals surface area contributed by atoms with Crippen LogP contribution in [0.15, 0.2) is 59.6 Å². The molecule has 0 unspecified atom stereocenters. The highest BCUT2D eigenvalue weighted by molar-refractivity contribution is 7.98. The number of hydrogen-bond acceptors (Lipinski definition) is 5. The molecule has 1 heterocycles. The molecule has 7 heteroatoms. The van der Waals surface area contributed by atoms with Gasteiger partial charge in [-0.1, -0.05) is 42.5 Å². The Bertz CT molecular complexity index is 1140. The smallest absolute Gasteiger partial charge is 0.329 e. The lowest BCUT2D eigenvalue weighted by atomic mass is 9.82. The minimum absolute atomic E-state index is 0.112. The quantitative estimate of drug-likeness (QED) is 0.293. The van der Waals surface area contributed by atoms with Crippen molar-refractivity contribution in [1.82, 2.24) is 9.78 Å². The van der Waals surface area contributed by atoms with Gasteiger partial charge in [-0.05, 0) is 75.3 Å². The van der Waals surface area contributed by atoms with Crippen molar-refractivity contribution in [1.29, 1.82) is 0 Å². The van der Waals surface area contributed by atoms with Gasteiger partial charge in [-0.15, -0.1) is 11.8 Å². The molecule has 0 aliphatic heterocycles. The molecule has 1 aliphatic carbocycles. The molecular formula is C29H36N2O4S. The highest BCUT2D eigenvalue weighted by atomic mass is 32.2. The maximum absolute atomic E-state index is 10.7. The zero-order valence-corrected chi connectivity index (χ0v) is 22.2. The van der Waals surface area contributed by atoms with Gasteiger partial charge in [0.15, 0.2) is 0 Å². The van der Waals surface area contributed by atoms with E-state index in [4.69, 9.17) is 19.7 Å². The third-order valence-corrected chi connectivity index (χ3v) is 7.30. The summed E-state index contributed by atoms with van der Waals surface area (Å²) in [5, 5.41) is 14.9. The van der Waals surface area contributed by atoms with E-state index >= 15 is 0 Å². The van der Waals surface area contributed by atoms with Crippen LogP contribution in [0.2, 0.25) is 0 Å². The average Bonchev–Trinajstić information content (AvgIpc) is 3.23. The van der Waals surface area contributed by atoms with Gasteiger partial charge in [-0.25, -0.2) is 4.79 Å². The van der Waals surface area contributed by atoms with Gasteiger partial charge in [0.1, 0.15) is 17.4 Å². The van der Waals surface area contributed by atoms with E-state index in [0.29, 0.717) is 18.4 Å². The first kappa shape index (κ1) is 26.3. The number of nitrogens with zero attached hydrogens (tertiary/aromatic N) is 2. The summed E-state index contributed by atoms with van der Waals surface area (Å²) >= 11 is 1.68. The second kappa shape index (κ2) is 12.5. The average molecular weight is 509 g/mol. The lowest BCUT2D eigenvalue weighted by molar-refractivity contribution is -0.142. The van der Waals surface area contributed by atoms with Crippen LogP contribution < -0.4 is 4.74 Å². The van der Waals surface area contributed by atoms with Crippen molar-refractivity contribution >= 4 is 17.7 Å². The second-order valence-electron chi connectivity index (χ2n) is 9.77. The molecule has 1 fully saturated rings. The summed E-state index contributed by atoms with van der Waals surface area (Å²) in [4.78, 5) is 10.7. The Balaban J connectivity index is 1.60. The van der Waals surface area contributed by atoms with Gasteiger partial charge in [-0.2, -0.15) is 5.10 Å². The second-order valence-corrected chi connectivity index (χ2v) is 10.6. The fourth-order valence-corrected chi connectivity index (χ4v) is 5.60. The molecule has 36 heavy (non-hydrogen) atoms. The zero-order valence-electron chi connectivity index (χ0n) is 21.4. The van der Waals surface area contributed by atoms with Crippen LogP contribution in [0.25, 0.3) is 22.4 Å². The lowest BCUT2D eigenvalue weighted by Gasteiger charge is -2.28. The Morgan fingerprint density at radius 1 is 1.06 bits per heavy atom. The van der Waals surface area contributed by atoms with Crippen LogP contribution >= 0.6 is 11.8 Å². The normalized spacial score (nSPS) is 17.9. The Morgan fingerprint density at radius 3 is 2.42 bits per heavy atom. The topological polar surface area (TPSA) is 73.6 Å². The van der Waals surface area contributed by atoms with Crippen molar-refractivity contribution in [3.63, 3.8) is 0 Å². The summed E-state index contributed by atoms with van der Waals surface area (Å²) < 4.78 is 13.6. The van der Waals surface area contributed by atoms with Crippen molar-refractivity contribution in [3.8, 4) is 28.1 Å². The molecule has 1 N–H and O–H groups in total. The maximum Gasteiger partial charge on any atom is 0.329 e. The molecule has 3 aromatic rings. The van der Waals surface area contributed by atoms with Gasteiger partial charge in [0.25, 0.3) is 0 Å². The first-order valence-electron chi connectivity index (χ1n) is 12.7. The molecule has 4 rings (SSSR count). The molecule has 0 saturated heterocycles. The third-order valence-electron chi connectivity index (χ3n) is 6.63. The summed E-state index contributed by atoms with van der Waals surface area (Å²) in [7, 11) is 0. The molecule has 1 aliphatic rings. The van der Waals surface area contributed by atoms with Crippen LogP contribution in [-0.2, 0) is 16.1 Å². The molecule has 1 saturated carbocycles. The predicted octanol–water partition coefficient (Wildman–Crippen LogP) is 6.63. The molecule has 192 valence electrons. The van der Waals surface area contributed by atoms with E-state index in [9.17, 15) is 4.79 Å². The van der Waals surface area contributed by atoms with Crippen molar-refractivity contribution in [2.75, 3.05) is 19.5 Å². The highest BCUT2D eigenvalue weighted by Gasteiger charge is 2.26. The van der Waals surface area contributed by atoms with Crippen LogP contribution in [0.4, 0.5) is 0 Å². The summed E-state index contributed by atoms with van der Waals surface area (Å²) in [5.74, 6) is 0.927. The SMILES string of the molecule is CSc1nn(C[C@H]2CC[C@@H](COCC(=O)O)CC2)c(-c2ccccc2)c1-c1cccc(OC(C)C)c1. The van der Waals surface area contributed by atoms with E-state index < -0.39 is 5.97 Å². The van der Waals surface area contributed by atoms with E-state index in [1.807, 2.05) is 26.0 Å². The largest absolute Gasteiger partial charge is 0.491 e. The van der Waals surface area contributed by atoms with Gasteiger partial charge in [0.05, 0.1) is 18.4 Å². The molecule has 0 bridgehead atoms. The van der Waals surface area contributed by atoms with E-state index in [1.165, 1.54) is 0 Å². The zero-order chi connectivity index (χ0) is 25.5. The van der Waals surface area contributed by atoms with E-state index in [2.05, 4.69) is 53.4 Å². The number of carboxylic acids is 1. The minimum atomic E-state index is -0.905. The van der Waals surface area contributed by atoms with Crippen LogP contribution in [0.5, 0.6) is 5.75 Å². The van der Waals surface area contributed by atoms with Gasteiger partial charge >= 0.3 is 5.97 Å². The number of ether oxygens (including phenoxy) is 2. The monoisotopic (exact) mass is 508 g/mol. The van der Waals surface area contributed by atoms with Crippen LogP contribution in [-0.4, -0.2) is 46.4 Å². The summed E-state index contributed by atoms with van der Waals surface area (Å²) in [6.45, 7) is 5.27. The van der Waals surface area contributed by atoms with E-state index in [0.717, 1.165) is 65.4 Å². The standard InChI is InChI=1S/C29H36N2O4S/c1-20(2)35-25-11-7-10-24(16-25)27-28(23-8-5-4-6-9-23)31(30-29(27)36-3)17-21-12-14-22(15-13-21)18-34-19-26(32)33/h4-11,16,20-22H,12-15,17-19H2,1-3H3,(H,32,33)/t21-,22+. The number of aliphatic carboxylic acids is 1. The lowest BCUT2D eigenvalue weighted by Crippen LogP contribution is -2.23. The highest BCUT2D eigenvalue weighted by Crippen LogP contribution is 2.41. The molecule has 0 amide bonds. The van der Waals surface area contributed by atoms with E-state index in [-0.39, 0.29) is 12.7 Å². The number of rotatable bonds is 11. The van der Waals surface area contributed by atoms with Gasteiger partial charge in [0.2, 0.25) is 0 Å². The molecule has 1 aromatic heterocycles. The number of thioether (sulfide) groups is 1. The number of aromatic nitrogens is 2. The molecular weight excluding hydrogens is 472 g/mol. The molecule has 2 aromatic carbocycles. The molecule has 6 nitrogen and oxygen atoms in total. The van der Waals surface area contributed by atoms with Crippen molar-refractivity contribution < 1.29 is 19.4 Å². The van der Waals surface area contributed by atoms with Crippen LogP contribution in [0, 0.1) is 11.8 Å². The first-order valence-corrected chi connectivity index (χ1v) is 13.9. The van der Waals surface area contributed by atoms with Gasteiger partial charge in [0, 0.05) is 17.7 Å². The fraction of sp³-hybridized carbons (Fsp3) is 0.448. The van der Waals surface area contributed by atoms with Crippen molar-refractivity contribution in [3.05, 3.63) is 54.6 Å². The summed E-state index contributed by atoms with van der Waals surface area (Å²) in [6, 6.07) is 18.8. The summed E-state index contributed by atoms with van der Waals surface area (Å²) in [6.07, 6.45) is 6.50. The number of carboxylic acid groups (broad SMARTS) is 1. The Hall–Kier alpha value is -2.77. The van der Waals surface area contributed by atoms with Crippen LogP contribution in [0.1, 0.15) is 39.5 Å². The van der Waals surface area contributed by atoms with Crippen molar-refractivity contribution in [2.24, 2.45) is 11.8 Å². The third kappa shape index (κ3) is 6.71. The first-order chi connectivity index (χ1) is 17.4. The molecule has 0 radical (unpaired) electrons. The predicted molar refractivity (Wildman–Crippen MR) is 145 cm³/mol.